The van der Waals surface area contributed by atoms with Gasteiger partial charge in [-0.05, 0) is 58.6 Å². The normalized spacial score (nSPS) is 20.7. The third kappa shape index (κ3) is 6.39. The van der Waals surface area contributed by atoms with E-state index in [1.165, 1.54) is 25.0 Å². The molecule has 1 fully saturated rings. The Bertz CT molecular complexity index is 962. The molecule has 2 amide bonds. The summed E-state index contributed by atoms with van der Waals surface area (Å²) < 4.78 is 59.1. The van der Waals surface area contributed by atoms with Crippen LogP contribution in [0.3, 0.4) is 0 Å². The lowest BCUT2D eigenvalue weighted by Gasteiger charge is -2.41. The molecule has 0 saturated heterocycles. The molecule has 3 rings (SSSR count). The summed E-state index contributed by atoms with van der Waals surface area (Å²) in [5.74, 6) is -1.19. The van der Waals surface area contributed by atoms with Gasteiger partial charge in [-0.25, -0.2) is 0 Å². The SMILES string of the molecule is COCCCCN1C(=O)C(C)(COC)Oc2cc(C(F)(F)F)c(C(=O)N(C(C)C)C3CCCCC3)cc21. The number of ether oxygens (including phenoxy) is 3. The van der Waals surface area contributed by atoms with Gasteiger partial charge in [0, 0.05) is 39.5 Å². The highest BCUT2D eigenvalue weighted by molar-refractivity contribution is 6.05. The summed E-state index contributed by atoms with van der Waals surface area (Å²) in [7, 11) is 2.98. The van der Waals surface area contributed by atoms with E-state index in [9.17, 15) is 22.8 Å². The molecule has 0 N–H and O–H groups in total. The number of carbonyl (C=O) groups is 2. The molecule has 2 aliphatic rings. The van der Waals surface area contributed by atoms with Gasteiger partial charge in [0.05, 0.1) is 23.4 Å². The number of nitrogens with zero attached hydrogens (tertiary/aromatic N) is 2. The summed E-state index contributed by atoms with van der Waals surface area (Å²) in [6.45, 7) is 5.74. The zero-order valence-electron chi connectivity index (χ0n) is 22.5. The summed E-state index contributed by atoms with van der Waals surface area (Å²) in [6.07, 6.45) is 0.888. The number of amides is 2. The smallest absolute Gasteiger partial charge is 0.417 e. The number of hydrogen-bond acceptors (Lipinski definition) is 5. The van der Waals surface area contributed by atoms with E-state index in [0.29, 0.717) is 19.4 Å². The molecule has 208 valence electrons. The van der Waals surface area contributed by atoms with Gasteiger partial charge in [0.2, 0.25) is 5.60 Å². The van der Waals surface area contributed by atoms with Gasteiger partial charge in [-0.1, -0.05) is 19.3 Å². The average molecular weight is 529 g/mol. The molecular weight excluding hydrogens is 489 g/mol. The van der Waals surface area contributed by atoms with Crippen LogP contribution in [0.25, 0.3) is 0 Å². The van der Waals surface area contributed by atoms with Crippen LogP contribution in [-0.2, 0) is 20.4 Å². The second-order valence-electron chi connectivity index (χ2n) is 10.4. The molecule has 1 heterocycles. The zero-order valence-corrected chi connectivity index (χ0v) is 22.5. The predicted molar refractivity (Wildman–Crippen MR) is 134 cm³/mol. The highest BCUT2D eigenvalue weighted by Crippen LogP contribution is 2.45. The molecule has 10 heteroatoms. The van der Waals surface area contributed by atoms with Gasteiger partial charge in [0.25, 0.3) is 11.8 Å². The van der Waals surface area contributed by atoms with E-state index < -0.39 is 34.7 Å². The van der Waals surface area contributed by atoms with Gasteiger partial charge in [-0.3, -0.25) is 9.59 Å². The molecule has 0 radical (unpaired) electrons. The van der Waals surface area contributed by atoms with E-state index in [4.69, 9.17) is 14.2 Å². The number of anilines is 1. The predicted octanol–water partition coefficient (Wildman–Crippen LogP) is 5.45. The second kappa shape index (κ2) is 12.0. The third-order valence-electron chi connectivity index (χ3n) is 7.12. The van der Waals surface area contributed by atoms with Crippen LogP contribution in [0.1, 0.15) is 81.6 Å². The molecule has 37 heavy (non-hydrogen) atoms. The van der Waals surface area contributed by atoms with Crippen LogP contribution in [0.4, 0.5) is 18.9 Å². The molecule has 1 aromatic carbocycles. The first-order valence-electron chi connectivity index (χ1n) is 13.0. The Hall–Kier alpha value is -2.33. The number of alkyl halides is 3. The van der Waals surface area contributed by atoms with Gasteiger partial charge in [-0.2, -0.15) is 13.2 Å². The molecule has 0 spiro atoms. The number of methoxy groups -OCH3 is 2. The number of hydrogen-bond donors (Lipinski definition) is 0. The molecule has 1 saturated carbocycles. The summed E-state index contributed by atoms with van der Waals surface area (Å²) >= 11 is 0. The van der Waals surface area contributed by atoms with Crippen molar-refractivity contribution in [2.75, 3.05) is 38.9 Å². The maximum Gasteiger partial charge on any atom is 0.417 e. The van der Waals surface area contributed by atoms with Crippen molar-refractivity contribution in [3.63, 3.8) is 0 Å². The number of benzene rings is 1. The first-order valence-corrected chi connectivity index (χ1v) is 13.0. The van der Waals surface area contributed by atoms with Gasteiger partial charge in [0.1, 0.15) is 5.75 Å². The maximum absolute atomic E-state index is 14.3. The molecule has 1 aliphatic carbocycles. The average Bonchev–Trinajstić information content (AvgIpc) is 2.83. The quantitative estimate of drug-likeness (QED) is 0.378. The number of rotatable bonds is 10. The Morgan fingerprint density at radius 1 is 1.16 bits per heavy atom. The Kier molecular flexibility index (Phi) is 9.50. The van der Waals surface area contributed by atoms with Crippen LogP contribution in [0.2, 0.25) is 0 Å². The van der Waals surface area contributed by atoms with Gasteiger partial charge >= 0.3 is 6.18 Å². The van der Waals surface area contributed by atoms with Crippen LogP contribution >= 0.6 is 0 Å². The summed E-state index contributed by atoms with van der Waals surface area (Å²) in [5.41, 5.74) is -2.85. The molecule has 1 aliphatic heterocycles. The molecule has 0 aromatic heterocycles. The van der Waals surface area contributed by atoms with Crippen molar-refractivity contribution in [3.8, 4) is 5.75 Å². The Balaban J connectivity index is 2.12. The van der Waals surface area contributed by atoms with Crippen LogP contribution in [0, 0.1) is 0 Å². The van der Waals surface area contributed by atoms with E-state index in [0.717, 1.165) is 38.2 Å². The van der Waals surface area contributed by atoms with Crippen LogP contribution in [-0.4, -0.2) is 68.4 Å². The van der Waals surface area contributed by atoms with E-state index in [-0.39, 0.29) is 36.7 Å². The van der Waals surface area contributed by atoms with Crippen molar-refractivity contribution < 1.29 is 37.0 Å². The molecule has 1 aromatic rings. The summed E-state index contributed by atoms with van der Waals surface area (Å²) in [5, 5.41) is 0. The minimum Gasteiger partial charge on any atom is -0.473 e. The molecule has 1 atom stereocenters. The Morgan fingerprint density at radius 3 is 2.41 bits per heavy atom. The summed E-state index contributed by atoms with van der Waals surface area (Å²) in [4.78, 5) is 30.3. The first kappa shape index (κ1) is 29.2. The Labute approximate surface area is 217 Å². The largest absolute Gasteiger partial charge is 0.473 e. The first-order chi connectivity index (χ1) is 17.4. The third-order valence-corrected chi connectivity index (χ3v) is 7.12. The van der Waals surface area contributed by atoms with Crippen molar-refractivity contribution in [1.82, 2.24) is 4.90 Å². The van der Waals surface area contributed by atoms with Crippen LogP contribution < -0.4 is 9.64 Å². The van der Waals surface area contributed by atoms with Crippen molar-refractivity contribution in [1.29, 1.82) is 0 Å². The van der Waals surface area contributed by atoms with Crippen molar-refractivity contribution in [2.24, 2.45) is 0 Å². The van der Waals surface area contributed by atoms with Gasteiger partial charge in [0.15, 0.2) is 0 Å². The van der Waals surface area contributed by atoms with E-state index in [1.807, 2.05) is 13.8 Å². The lowest BCUT2D eigenvalue weighted by molar-refractivity contribution is -0.140. The fraction of sp³-hybridized carbons (Fsp3) is 0.704. The fourth-order valence-electron chi connectivity index (χ4n) is 5.38. The molecule has 7 nitrogen and oxygen atoms in total. The molecular formula is C27H39F3N2O5. The van der Waals surface area contributed by atoms with E-state index in [2.05, 4.69) is 0 Å². The lowest BCUT2D eigenvalue weighted by Crippen LogP contribution is -2.57. The van der Waals surface area contributed by atoms with Crippen molar-refractivity contribution >= 4 is 17.5 Å². The topological polar surface area (TPSA) is 68.3 Å². The molecule has 0 bridgehead atoms. The number of fused-ring (bicyclic) bond motifs is 1. The van der Waals surface area contributed by atoms with Crippen LogP contribution in [0.5, 0.6) is 5.75 Å². The fourth-order valence-corrected chi connectivity index (χ4v) is 5.38. The van der Waals surface area contributed by atoms with Crippen molar-refractivity contribution in [2.45, 2.75) is 89.6 Å². The number of unbranched alkanes of at least 4 members (excludes halogenated alkanes) is 1. The maximum atomic E-state index is 14.3. The van der Waals surface area contributed by atoms with Crippen molar-refractivity contribution in [3.05, 3.63) is 23.3 Å². The number of halogens is 3. The standard InChI is InChI=1S/C27H39F3N2O5/c1-18(2)32(19-11-7-6-8-12-19)24(33)20-15-22-23(16-21(20)27(28,29)30)37-26(3,17-36-5)25(34)31(22)13-9-10-14-35-4/h15-16,18-19H,6-14,17H2,1-5H3. The minimum absolute atomic E-state index is 0.0940. The lowest BCUT2D eigenvalue weighted by atomic mass is 9.92. The van der Waals surface area contributed by atoms with Crippen LogP contribution in [0.15, 0.2) is 12.1 Å². The van der Waals surface area contributed by atoms with Gasteiger partial charge < -0.3 is 24.0 Å². The second-order valence-corrected chi connectivity index (χ2v) is 10.4. The highest BCUT2D eigenvalue weighted by Gasteiger charge is 2.47. The van der Waals surface area contributed by atoms with E-state index >= 15 is 0 Å². The Morgan fingerprint density at radius 2 is 1.84 bits per heavy atom. The van der Waals surface area contributed by atoms with Gasteiger partial charge in [-0.15, -0.1) is 0 Å². The highest BCUT2D eigenvalue weighted by atomic mass is 19.4. The monoisotopic (exact) mass is 528 g/mol. The number of carbonyl (C=O) groups excluding carboxylic acids is 2. The van der Waals surface area contributed by atoms with E-state index in [1.54, 1.807) is 12.0 Å². The molecule has 1 unspecified atom stereocenters. The summed E-state index contributed by atoms with van der Waals surface area (Å²) in [6, 6.07) is 1.66. The minimum atomic E-state index is -4.79. The zero-order chi connectivity index (χ0) is 27.4.